The molecule has 0 aromatic heterocycles. The van der Waals surface area contributed by atoms with E-state index in [4.69, 9.17) is 21.7 Å². The first-order chi connectivity index (χ1) is 10.0. The van der Waals surface area contributed by atoms with Crippen molar-refractivity contribution in [2.24, 2.45) is 5.92 Å². The molecule has 2 heterocycles. The Morgan fingerprint density at radius 1 is 1.38 bits per heavy atom. The van der Waals surface area contributed by atoms with Crippen LogP contribution in [-0.2, 0) is 4.79 Å². The Morgan fingerprint density at radius 2 is 2.14 bits per heavy atom. The van der Waals surface area contributed by atoms with Crippen LogP contribution in [0, 0.1) is 5.92 Å². The number of thiocarbonyl (C=S) groups is 1. The summed E-state index contributed by atoms with van der Waals surface area (Å²) in [5.74, 6) is 1.81. The van der Waals surface area contributed by atoms with Gasteiger partial charge in [0.25, 0.3) is 5.91 Å². The van der Waals surface area contributed by atoms with Gasteiger partial charge in [-0.15, -0.1) is 0 Å². The molecule has 3 rings (SSSR count). The van der Waals surface area contributed by atoms with Crippen LogP contribution in [0.3, 0.4) is 0 Å². The maximum absolute atomic E-state index is 12.4. The van der Waals surface area contributed by atoms with Gasteiger partial charge in [0.2, 0.25) is 6.79 Å². The number of rotatable bonds is 3. The van der Waals surface area contributed by atoms with Crippen LogP contribution in [0.4, 0.5) is 0 Å². The van der Waals surface area contributed by atoms with Crippen LogP contribution in [0.2, 0.25) is 0 Å². The molecule has 0 unspecified atom stereocenters. The molecular weight excluding hydrogens is 306 g/mol. The number of nitrogens with zero attached hydrogens (tertiary/aromatic N) is 1. The van der Waals surface area contributed by atoms with E-state index in [9.17, 15) is 4.79 Å². The predicted octanol–water partition coefficient (Wildman–Crippen LogP) is 3.27. The Kier molecular flexibility index (Phi) is 3.91. The SMILES string of the molecule is CC(C)CN1C(=O)C(=Cc2ccc3c(c2)OCO3)SC1=S. The van der Waals surface area contributed by atoms with Crippen LogP contribution in [0.15, 0.2) is 23.1 Å². The third-order valence-electron chi connectivity index (χ3n) is 3.12. The molecule has 2 aliphatic heterocycles. The Labute approximate surface area is 133 Å². The van der Waals surface area contributed by atoms with Crippen molar-refractivity contribution in [3.05, 3.63) is 28.7 Å². The number of carbonyl (C=O) groups excluding carboxylic acids is 1. The number of thioether (sulfide) groups is 1. The van der Waals surface area contributed by atoms with Crippen molar-refractivity contribution in [3.8, 4) is 11.5 Å². The molecule has 0 saturated carbocycles. The van der Waals surface area contributed by atoms with Crippen LogP contribution < -0.4 is 9.47 Å². The minimum absolute atomic E-state index is 0.0173. The highest BCUT2D eigenvalue weighted by molar-refractivity contribution is 8.26. The average Bonchev–Trinajstić information content (AvgIpc) is 2.98. The first kappa shape index (κ1) is 14.4. The minimum atomic E-state index is -0.0173. The predicted molar refractivity (Wildman–Crippen MR) is 87.3 cm³/mol. The average molecular weight is 321 g/mol. The van der Waals surface area contributed by atoms with E-state index in [1.807, 2.05) is 24.3 Å². The molecule has 1 saturated heterocycles. The van der Waals surface area contributed by atoms with E-state index < -0.39 is 0 Å². The number of hydrogen-bond donors (Lipinski definition) is 0. The molecule has 1 amide bonds. The quantitative estimate of drug-likeness (QED) is 0.631. The highest BCUT2D eigenvalue weighted by Gasteiger charge is 2.32. The van der Waals surface area contributed by atoms with E-state index in [1.165, 1.54) is 11.8 Å². The van der Waals surface area contributed by atoms with E-state index in [0.717, 1.165) is 11.3 Å². The molecule has 0 bridgehead atoms. The Bertz CT molecular complexity index is 640. The van der Waals surface area contributed by atoms with E-state index in [2.05, 4.69) is 13.8 Å². The molecule has 0 spiro atoms. The van der Waals surface area contributed by atoms with Crippen LogP contribution >= 0.6 is 24.0 Å². The monoisotopic (exact) mass is 321 g/mol. The number of fused-ring (bicyclic) bond motifs is 1. The second kappa shape index (κ2) is 5.69. The summed E-state index contributed by atoms with van der Waals surface area (Å²) in [6.45, 7) is 5.04. The van der Waals surface area contributed by atoms with Gasteiger partial charge in [-0.1, -0.05) is 43.9 Å². The minimum Gasteiger partial charge on any atom is -0.454 e. The largest absolute Gasteiger partial charge is 0.454 e. The number of amides is 1. The highest BCUT2D eigenvalue weighted by atomic mass is 32.2. The standard InChI is InChI=1S/C15H15NO3S2/c1-9(2)7-16-14(17)13(21-15(16)20)6-10-3-4-11-12(5-10)19-8-18-11/h3-6,9H,7-8H2,1-2H3. The van der Waals surface area contributed by atoms with E-state index >= 15 is 0 Å². The van der Waals surface area contributed by atoms with E-state index in [0.29, 0.717) is 27.4 Å². The molecule has 1 fully saturated rings. The lowest BCUT2D eigenvalue weighted by Gasteiger charge is -2.16. The zero-order valence-corrected chi connectivity index (χ0v) is 13.4. The van der Waals surface area contributed by atoms with E-state index in [-0.39, 0.29) is 12.7 Å². The molecule has 4 nitrogen and oxygen atoms in total. The number of carbonyl (C=O) groups is 1. The zero-order chi connectivity index (χ0) is 15.0. The van der Waals surface area contributed by atoms with Crippen LogP contribution in [-0.4, -0.2) is 28.5 Å². The van der Waals surface area contributed by atoms with Gasteiger partial charge in [-0.25, -0.2) is 0 Å². The molecule has 0 aliphatic carbocycles. The normalized spacial score (nSPS) is 19.2. The van der Waals surface area contributed by atoms with Crippen LogP contribution in [0.25, 0.3) is 6.08 Å². The van der Waals surface area contributed by atoms with Gasteiger partial charge in [0.15, 0.2) is 11.5 Å². The lowest BCUT2D eigenvalue weighted by Crippen LogP contribution is -2.31. The van der Waals surface area contributed by atoms with Crippen LogP contribution in [0.1, 0.15) is 19.4 Å². The fourth-order valence-electron chi connectivity index (χ4n) is 2.18. The first-order valence-corrected chi connectivity index (χ1v) is 7.92. The third kappa shape index (κ3) is 2.91. The molecule has 0 radical (unpaired) electrons. The molecule has 0 N–H and O–H groups in total. The van der Waals surface area contributed by atoms with Gasteiger partial charge in [0.05, 0.1) is 4.91 Å². The number of ether oxygens (including phenoxy) is 2. The van der Waals surface area contributed by atoms with Crippen molar-refractivity contribution in [2.75, 3.05) is 13.3 Å². The Morgan fingerprint density at radius 3 is 2.90 bits per heavy atom. The summed E-state index contributed by atoms with van der Waals surface area (Å²) in [6, 6.07) is 5.63. The number of benzene rings is 1. The van der Waals surface area contributed by atoms with Crippen molar-refractivity contribution in [1.29, 1.82) is 0 Å². The molecular formula is C15H15NO3S2. The fourth-order valence-corrected chi connectivity index (χ4v) is 3.45. The second-order valence-corrected chi connectivity index (χ2v) is 6.97. The van der Waals surface area contributed by atoms with E-state index in [1.54, 1.807) is 4.90 Å². The van der Waals surface area contributed by atoms with Gasteiger partial charge in [-0.2, -0.15) is 0 Å². The summed E-state index contributed by atoms with van der Waals surface area (Å²) in [6.07, 6.45) is 1.85. The van der Waals surface area contributed by atoms with Gasteiger partial charge >= 0.3 is 0 Å². The molecule has 1 aromatic rings. The Hall–Kier alpha value is -1.53. The molecule has 1 aromatic carbocycles. The maximum atomic E-state index is 12.4. The fraction of sp³-hybridized carbons (Fsp3) is 0.333. The summed E-state index contributed by atoms with van der Waals surface area (Å²) in [5.41, 5.74) is 0.907. The van der Waals surface area contributed by atoms with Gasteiger partial charge in [0.1, 0.15) is 4.32 Å². The highest BCUT2D eigenvalue weighted by Crippen LogP contribution is 2.36. The lowest BCUT2D eigenvalue weighted by atomic mass is 10.1. The van der Waals surface area contributed by atoms with Crippen molar-refractivity contribution < 1.29 is 14.3 Å². The van der Waals surface area contributed by atoms with Gasteiger partial charge in [0, 0.05) is 6.54 Å². The van der Waals surface area contributed by atoms with Gasteiger partial charge in [-0.05, 0) is 29.7 Å². The molecule has 2 aliphatic rings. The van der Waals surface area contributed by atoms with Crippen LogP contribution in [0.5, 0.6) is 11.5 Å². The lowest BCUT2D eigenvalue weighted by molar-refractivity contribution is -0.122. The molecule has 21 heavy (non-hydrogen) atoms. The maximum Gasteiger partial charge on any atom is 0.266 e. The molecule has 110 valence electrons. The zero-order valence-electron chi connectivity index (χ0n) is 11.8. The van der Waals surface area contributed by atoms with Gasteiger partial charge < -0.3 is 9.47 Å². The summed E-state index contributed by atoms with van der Waals surface area (Å²) in [7, 11) is 0. The first-order valence-electron chi connectivity index (χ1n) is 6.69. The van der Waals surface area contributed by atoms with Crippen molar-refractivity contribution in [3.63, 3.8) is 0 Å². The third-order valence-corrected chi connectivity index (χ3v) is 4.49. The van der Waals surface area contributed by atoms with Crippen molar-refractivity contribution in [1.82, 2.24) is 4.90 Å². The smallest absolute Gasteiger partial charge is 0.266 e. The Balaban J connectivity index is 1.84. The van der Waals surface area contributed by atoms with Gasteiger partial charge in [-0.3, -0.25) is 9.69 Å². The summed E-state index contributed by atoms with van der Waals surface area (Å²) >= 11 is 6.64. The van der Waals surface area contributed by atoms with Crippen molar-refractivity contribution in [2.45, 2.75) is 13.8 Å². The topological polar surface area (TPSA) is 38.8 Å². The summed E-state index contributed by atoms with van der Waals surface area (Å²) in [5, 5.41) is 0. The second-order valence-electron chi connectivity index (χ2n) is 5.30. The summed E-state index contributed by atoms with van der Waals surface area (Å²) in [4.78, 5) is 14.7. The van der Waals surface area contributed by atoms with Crippen molar-refractivity contribution >= 4 is 40.3 Å². The molecule has 6 heteroatoms. The molecule has 0 atom stereocenters. The summed E-state index contributed by atoms with van der Waals surface area (Å²) < 4.78 is 11.2. The number of hydrogen-bond acceptors (Lipinski definition) is 5.